The molecule has 7 nitrogen and oxygen atoms in total. The number of alkyl halides is 3. The summed E-state index contributed by atoms with van der Waals surface area (Å²) >= 11 is 0. The summed E-state index contributed by atoms with van der Waals surface area (Å²) in [5, 5.41) is 10.6. The van der Waals surface area contributed by atoms with E-state index in [0.29, 0.717) is 32.0 Å². The Morgan fingerprint density at radius 2 is 1.64 bits per heavy atom. The van der Waals surface area contributed by atoms with Gasteiger partial charge >= 0.3 is 12.0 Å². The van der Waals surface area contributed by atoms with Gasteiger partial charge in [0, 0.05) is 38.4 Å². The fraction of sp³-hybridized carbons (Fsp3) is 0.333. The number of nitro groups is 1. The first kappa shape index (κ1) is 16.9. The zero-order valence-corrected chi connectivity index (χ0v) is 13.0. The monoisotopic (exact) mass is 353 g/mol. The van der Waals surface area contributed by atoms with E-state index in [2.05, 4.69) is 9.97 Å². The van der Waals surface area contributed by atoms with Gasteiger partial charge in [-0.1, -0.05) is 0 Å². The van der Waals surface area contributed by atoms with E-state index < -0.39 is 16.7 Å². The molecule has 1 fully saturated rings. The summed E-state index contributed by atoms with van der Waals surface area (Å²) < 4.78 is 37.7. The van der Waals surface area contributed by atoms with Gasteiger partial charge in [0.2, 0.25) is 0 Å². The van der Waals surface area contributed by atoms with E-state index in [1.807, 2.05) is 9.80 Å². The van der Waals surface area contributed by atoms with Crippen molar-refractivity contribution >= 4 is 17.3 Å². The van der Waals surface area contributed by atoms with Crippen LogP contribution in [0.25, 0.3) is 0 Å². The fourth-order valence-electron chi connectivity index (χ4n) is 2.61. The molecule has 0 bridgehead atoms. The molecule has 1 aliphatic heterocycles. The summed E-state index contributed by atoms with van der Waals surface area (Å²) in [6.45, 7) is 2.38. The van der Waals surface area contributed by atoms with E-state index in [-0.39, 0.29) is 5.82 Å². The Kier molecular flexibility index (Phi) is 4.43. The maximum atomic E-state index is 12.6. The summed E-state index contributed by atoms with van der Waals surface area (Å²) in [5.74, 6) is 0.283. The highest BCUT2D eigenvalue weighted by Gasteiger charge is 2.31. The molecule has 1 aliphatic rings. The van der Waals surface area contributed by atoms with Crippen molar-refractivity contribution in [3.05, 3.63) is 52.3 Å². The summed E-state index contributed by atoms with van der Waals surface area (Å²) in [6.07, 6.45) is -2.11. The zero-order chi connectivity index (χ0) is 18.0. The third kappa shape index (κ3) is 3.78. The number of anilines is 2. The second-order valence-electron chi connectivity index (χ2n) is 5.51. The van der Waals surface area contributed by atoms with Gasteiger partial charge in [-0.25, -0.2) is 4.98 Å². The van der Waals surface area contributed by atoms with Crippen molar-refractivity contribution in [1.29, 1.82) is 0 Å². The molecule has 0 amide bonds. The minimum Gasteiger partial charge on any atom is -0.365 e. The molecule has 2 aromatic heterocycles. The molecule has 3 rings (SSSR count). The number of hydrogen-bond donors (Lipinski definition) is 0. The third-order valence-electron chi connectivity index (χ3n) is 3.96. The molecular weight excluding hydrogens is 339 g/mol. The van der Waals surface area contributed by atoms with Crippen molar-refractivity contribution in [1.82, 2.24) is 9.97 Å². The van der Waals surface area contributed by atoms with Crippen LogP contribution in [0.1, 0.15) is 5.56 Å². The Hall–Kier alpha value is -2.91. The van der Waals surface area contributed by atoms with Crippen LogP contribution in [0.15, 0.2) is 36.7 Å². The van der Waals surface area contributed by atoms with Crippen LogP contribution < -0.4 is 9.80 Å². The summed E-state index contributed by atoms with van der Waals surface area (Å²) in [5.41, 5.74) is -0.00234. The van der Waals surface area contributed by atoms with Gasteiger partial charge in [0.05, 0.1) is 11.3 Å². The highest BCUT2D eigenvalue weighted by molar-refractivity contribution is 5.49. The van der Waals surface area contributed by atoms with Gasteiger partial charge < -0.3 is 19.9 Å². The van der Waals surface area contributed by atoms with Crippen LogP contribution in [0, 0.1) is 10.1 Å². The molecule has 0 atom stereocenters. The largest absolute Gasteiger partial charge is 0.417 e. The average molecular weight is 353 g/mol. The molecule has 10 heteroatoms. The first-order valence-electron chi connectivity index (χ1n) is 7.48. The van der Waals surface area contributed by atoms with Gasteiger partial charge in [0.1, 0.15) is 5.82 Å². The maximum Gasteiger partial charge on any atom is 0.417 e. The van der Waals surface area contributed by atoms with Crippen LogP contribution in [0.2, 0.25) is 0 Å². The number of pyridine rings is 2. The second-order valence-corrected chi connectivity index (χ2v) is 5.51. The molecule has 3 heterocycles. The predicted octanol–water partition coefficient (Wildman–Crippen LogP) is 2.73. The average Bonchev–Trinajstić information content (AvgIpc) is 2.61. The molecule has 132 valence electrons. The highest BCUT2D eigenvalue weighted by Crippen LogP contribution is 2.29. The first-order valence-corrected chi connectivity index (χ1v) is 7.48. The Morgan fingerprint density at radius 1 is 0.960 bits per heavy atom. The van der Waals surface area contributed by atoms with Crippen molar-refractivity contribution in [2.24, 2.45) is 0 Å². The lowest BCUT2D eigenvalue weighted by atomic mass is 10.2. The van der Waals surface area contributed by atoms with E-state index in [0.717, 1.165) is 18.0 Å². The minimum absolute atomic E-state index is 0.212. The van der Waals surface area contributed by atoms with E-state index in [4.69, 9.17) is 0 Å². The lowest BCUT2D eigenvalue weighted by Gasteiger charge is -2.36. The van der Waals surface area contributed by atoms with Crippen molar-refractivity contribution in [2.75, 3.05) is 36.0 Å². The molecule has 0 spiro atoms. The number of nitrogens with zero attached hydrogens (tertiary/aromatic N) is 5. The lowest BCUT2D eigenvalue weighted by molar-refractivity contribution is -0.389. The normalized spacial score (nSPS) is 15.3. The molecule has 0 aromatic carbocycles. The van der Waals surface area contributed by atoms with Crippen LogP contribution in [0.5, 0.6) is 0 Å². The number of rotatable bonds is 3. The Labute approximate surface area is 140 Å². The third-order valence-corrected chi connectivity index (χ3v) is 3.96. The summed E-state index contributed by atoms with van der Waals surface area (Å²) in [7, 11) is 0. The van der Waals surface area contributed by atoms with Crippen LogP contribution in [-0.2, 0) is 6.18 Å². The SMILES string of the molecule is O=[N+]([O-])c1ccc(N2CCN(c3ccc(C(F)(F)F)cn3)CC2)cn1. The molecule has 0 N–H and O–H groups in total. The molecule has 0 aliphatic carbocycles. The smallest absolute Gasteiger partial charge is 0.365 e. The van der Waals surface area contributed by atoms with Gasteiger partial charge in [0.25, 0.3) is 0 Å². The maximum absolute atomic E-state index is 12.6. The second kappa shape index (κ2) is 6.54. The van der Waals surface area contributed by atoms with Gasteiger partial charge in [0.15, 0.2) is 6.20 Å². The van der Waals surface area contributed by atoms with Crippen molar-refractivity contribution in [3.8, 4) is 0 Å². The molecule has 0 saturated carbocycles. The molecule has 1 saturated heterocycles. The van der Waals surface area contributed by atoms with Crippen LogP contribution in [0.4, 0.5) is 30.5 Å². The highest BCUT2D eigenvalue weighted by atomic mass is 19.4. The van der Waals surface area contributed by atoms with Gasteiger partial charge in [-0.3, -0.25) is 0 Å². The number of aromatic nitrogens is 2. The topological polar surface area (TPSA) is 75.4 Å². The molecule has 2 aromatic rings. The Bertz CT molecular complexity index is 741. The summed E-state index contributed by atoms with van der Waals surface area (Å²) in [6, 6.07) is 5.37. The standard InChI is InChI=1S/C15H14F3N5O2/c16-15(17,18)11-1-3-13(19-9-11)22-7-5-21(6-8-22)12-2-4-14(20-10-12)23(24)25/h1-4,9-10H,5-8H2. The van der Waals surface area contributed by atoms with Crippen LogP contribution >= 0.6 is 0 Å². The van der Waals surface area contributed by atoms with Crippen LogP contribution in [-0.4, -0.2) is 41.1 Å². The number of hydrogen-bond acceptors (Lipinski definition) is 6. The number of piperazine rings is 1. The van der Waals surface area contributed by atoms with Gasteiger partial charge in [-0.2, -0.15) is 13.2 Å². The van der Waals surface area contributed by atoms with E-state index >= 15 is 0 Å². The number of halogens is 3. The van der Waals surface area contributed by atoms with Gasteiger partial charge in [-0.15, -0.1) is 0 Å². The molecule has 0 unspecified atom stereocenters. The van der Waals surface area contributed by atoms with Crippen molar-refractivity contribution < 1.29 is 18.1 Å². The lowest BCUT2D eigenvalue weighted by Crippen LogP contribution is -2.46. The summed E-state index contributed by atoms with van der Waals surface area (Å²) in [4.78, 5) is 21.7. The van der Waals surface area contributed by atoms with Crippen molar-refractivity contribution in [3.63, 3.8) is 0 Å². The molecule has 25 heavy (non-hydrogen) atoms. The predicted molar refractivity (Wildman–Crippen MR) is 84.6 cm³/mol. The molecule has 0 radical (unpaired) electrons. The first-order chi connectivity index (χ1) is 11.8. The zero-order valence-electron chi connectivity index (χ0n) is 13.0. The Morgan fingerprint density at radius 3 is 2.12 bits per heavy atom. The van der Waals surface area contributed by atoms with Crippen LogP contribution in [0.3, 0.4) is 0 Å². The minimum atomic E-state index is -4.40. The van der Waals surface area contributed by atoms with E-state index in [1.165, 1.54) is 18.3 Å². The van der Waals surface area contributed by atoms with Gasteiger partial charge in [-0.05, 0) is 28.1 Å². The molecular formula is C15H14F3N5O2. The quantitative estimate of drug-likeness (QED) is 0.624. The fourth-order valence-corrected chi connectivity index (χ4v) is 2.61. The van der Waals surface area contributed by atoms with E-state index in [9.17, 15) is 23.3 Å². The Balaban J connectivity index is 1.62. The van der Waals surface area contributed by atoms with E-state index in [1.54, 1.807) is 6.07 Å². The van der Waals surface area contributed by atoms with Crippen molar-refractivity contribution in [2.45, 2.75) is 6.18 Å².